The molecule has 8 heteroatoms. The van der Waals surface area contributed by atoms with E-state index in [-0.39, 0.29) is 29.5 Å². The fraction of sp³-hybridized carbons (Fsp3) is 0.389. The number of benzene rings is 1. The van der Waals surface area contributed by atoms with Crippen LogP contribution in [0.15, 0.2) is 34.8 Å². The summed E-state index contributed by atoms with van der Waals surface area (Å²) < 4.78 is 5.36. The molecule has 0 amide bonds. The molecule has 4 rings (SSSR count). The highest BCUT2D eigenvalue weighted by molar-refractivity contribution is 6.22. The second kappa shape index (κ2) is 6.89. The number of para-hydroxylation sites is 1. The maximum absolute atomic E-state index is 12.3. The largest absolute Gasteiger partial charge is 0.510 e. The van der Waals surface area contributed by atoms with E-state index >= 15 is 0 Å². The average molecular weight is 356 g/mol. The lowest BCUT2D eigenvalue weighted by Crippen LogP contribution is -3.14. The van der Waals surface area contributed by atoms with Gasteiger partial charge in [-0.25, -0.2) is 4.98 Å². The van der Waals surface area contributed by atoms with E-state index in [9.17, 15) is 9.90 Å². The number of aromatic nitrogens is 2. The molecule has 1 aromatic carbocycles. The van der Waals surface area contributed by atoms with Crippen molar-refractivity contribution in [3.8, 4) is 0 Å². The summed E-state index contributed by atoms with van der Waals surface area (Å²) in [6.45, 7) is 5.29. The summed E-state index contributed by atoms with van der Waals surface area (Å²) in [6, 6.07) is 7.05. The highest BCUT2D eigenvalue weighted by Gasteiger charge is 2.31. The number of aromatic amines is 1. The molecule has 0 atom stereocenters. The molecule has 4 N–H and O–H groups in total. The molecule has 26 heavy (non-hydrogen) atoms. The van der Waals surface area contributed by atoms with Gasteiger partial charge in [0.1, 0.15) is 30.5 Å². The zero-order chi connectivity index (χ0) is 18.1. The Morgan fingerprint density at radius 1 is 1.31 bits per heavy atom. The number of ether oxygens (including phenoxy) is 1. The normalized spacial score (nSPS) is 18.9. The third kappa shape index (κ3) is 3.09. The Labute approximate surface area is 150 Å². The first-order chi connectivity index (χ1) is 12.6. The van der Waals surface area contributed by atoms with Crippen molar-refractivity contribution in [2.24, 2.45) is 0 Å². The van der Waals surface area contributed by atoms with Gasteiger partial charge in [-0.3, -0.25) is 10.2 Å². The Morgan fingerprint density at radius 3 is 2.88 bits per heavy atom. The number of aliphatic hydroxyl groups is 1. The number of hydrogen-bond donors (Lipinski definition) is 4. The first-order valence-corrected chi connectivity index (χ1v) is 8.80. The highest BCUT2D eigenvalue weighted by atomic mass is 16.5. The second-order valence-corrected chi connectivity index (χ2v) is 6.64. The number of morpholine rings is 1. The predicted octanol–water partition coefficient (Wildman–Crippen LogP) is -0.600. The van der Waals surface area contributed by atoms with Gasteiger partial charge < -0.3 is 24.6 Å². The van der Waals surface area contributed by atoms with Crippen LogP contribution in [0, 0.1) is 5.41 Å². The molecule has 8 nitrogen and oxygen atoms in total. The fourth-order valence-electron chi connectivity index (χ4n) is 3.48. The molecular weight excluding hydrogens is 334 g/mol. The van der Waals surface area contributed by atoms with Gasteiger partial charge in [-0.2, -0.15) is 0 Å². The van der Waals surface area contributed by atoms with Gasteiger partial charge in [-0.1, -0.05) is 12.1 Å². The van der Waals surface area contributed by atoms with Crippen molar-refractivity contribution >= 4 is 22.3 Å². The fourth-order valence-corrected chi connectivity index (χ4v) is 3.48. The van der Waals surface area contributed by atoms with Crippen LogP contribution in [0.3, 0.4) is 0 Å². The van der Waals surface area contributed by atoms with E-state index in [2.05, 4.69) is 9.97 Å². The van der Waals surface area contributed by atoms with Crippen molar-refractivity contribution in [3.63, 3.8) is 0 Å². The minimum atomic E-state index is -0.269. The molecule has 0 radical (unpaired) electrons. The molecule has 0 saturated carbocycles. The Kier molecular flexibility index (Phi) is 4.44. The first-order valence-electron chi connectivity index (χ1n) is 8.80. The molecule has 0 unspecified atom stereocenters. The molecule has 136 valence electrons. The third-order valence-corrected chi connectivity index (χ3v) is 4.97. The number of hydrogen-bond acceptors (Lipinski definition) is 5. The summed E-state index contributed by atoms with van der Waals surface area (Å²) in [5.41, 5.74) is 0.593. The zero-order valence-electron chi connectivity index (χ0n) is 14.4. The lowest BCUT2D eigenvalue weighted by atomic mass is 10.2. The second-order valence-electron chi connectivity index (χ2n) is 6.64. The average Bonchev–Trinajstić information content (AvgIpc) is 2.94. The van der Waals surface area contributed by atoms with Gasteiger partial charge in [-0.15, -0.1) is 0 Å². The van der Waals surface area contributed by atoms with Gasteiger partial charge in [0.25, 0.3) is 5.56 Å². The Balaban J connectivity index is 1.54. The van der Waals surface area contributed by atoms with E-state index in [1.807, 2.05) is 11.0 Å². The van der Waals surface area contributed by atoms with Crippen molar-refractivity contribution in [2.45, 2.75) is 0 Å². The molecule has 0 bridgehead atoms. The van der Waals surface area contributed by atoms with Crippen LogP contribution < -0.4 is 10.5 Å². The SMILES string of the molecule is N=C1C(c2nc3ccccc3c(=O)[nH]2)=C(O)CN1CC[NH+]1CCOCC1. The number of fused-ring (bicyclic) bond motifs is 1. The number of nitrogens with zero attached hydrogens (tertiary/aromatic N) is 2. The standard InChI is InChI=1S/C18H21N5O3/c19-16-15(17-20-13-4-2-1-3-12(13)18(25)21-17)14(24)11-23(16)6-5-22-7-9-26-10-8-22/h1-4,19,24H,5-11H2,(H,20,21,25)/p+1. The van der Waals surface area contributed by atoms with E-state index in [4.69, 9.17) is 10.1 Å². The lowest BCUT2D eigenvalue weighted by molar-refractivity contribution is -0.907. The summed E-state index contributed by atoms with van der Waals surface area (Å²) in [5.74, 6) is 0.524. The van der Waals surface area contributed by atoms with Crippen LogP contribution in [0.1, 0.15) is 5.82 Å². The predicted molar refractivity (Wildman–Crippen MR) is 97.6 cm³/mol. The van der Waals surface area contributed by atoms with Crippen LogP contribution in [-0.4, -0.2) is 71.7 Å². The van der Waals surface area contributed by atoms with E-state index in [0.717, 1.165) is 32.8 Å². The lowest BCUT2D eigenvalue weighted by Gasteiger charge is -2.26. The minimum Gasteiger partial charge on any atom is -0.510 e. The summed E-state index contributed by atoms with van der Waals surface area (Å²) >= 11 is 0. The Morgan fingerprint density at radius 2 is 2.08 bits per heavy atom. The molecule has 2 aliphatic rings. The first kappa shape index (κ1) is 16.7. The van der Waals surface area contributed by atoms with Crippen LogP contribution in [0.4, 0.5) is 0 Å². The van der Waals surface area contributed by atoms with E-state index < -0.39 is 0 Å². The van der Waals surface area contributed by atoms with Crippen molar-refractivity contribution in [2.75, 3.05) is 45.9 Å². The van der Waals surface area contributed by atoms with E-state index in [1.165, 1.54) is 4.90 Å². The molecule has 1 fully saturated rings. The van der Waals surface area contributed by atoms with Crippen molar-refractivity contribution in [1.82, 2.24) is 14.9 Å². The van der Waals surface area contributed by atoms with Crippen molar-refractivity contribution in [3.05, 3.63) is 46.2 Å². The topological polar surface area (TPSA) is 107 Å². The third-order valence-electron chi connectivity index (χ3n) is 4.97. The van der Waals surface area contributed by atoms with Gasteiger partial charge in [0, 0.05) is 0 Å². The van der Waals surface area contributed by atoms with Gasteiger partial charge in [0.2, 0.25) is 0 Å². The van der Waals surface area contributed by atoms with Gasteiger partial charge in [-0.05, 0) is 12.1 Å². The number of amidine groups is 1. The molecular formula is C18H22N5O3+. The molecule has 2 aromatic rings. The molecule has 0 spiro atoms. The summed E-state index contributed by atoms with van der Waals surface area (Å²) in [4.78, 5) is 22.7. The van der Waals surface area contributed by atoms with Crippen LogP contribution in [0.25, 0.3) is 16.5 Å². The Bertz CT molecular complexity index is 930. The monoisotopic (exact) mass is 356 g/mol. The minimum absolute atomic E-state index is 0.0745. The summed E-state index contributed by atoms with van der Waals surface area (Å²) in [5, 5.41) is 19.3. The molecule has 3 heterocycles. The van der Waals surface area contributed by atoms with Crippen LogP contribution >= 0.6 is 0 Å². The number of aliphatic hydroxyl groups excluding tert-OH is 1. The quantitative estimate of drug-likeness (QED) is 0.585. The Hall–Kier alpha value is -2.71. The molecule has 0 aliphatic carbocycles. The van der Waals surface area contributed by atoms with Crippen LogP contribution in [0.5, 0.6) is 0 Å². The molecule has 1 aromatic heterocycles. The van der Waals surface area contributed by atoms with Crippen LogP contribution in [-0.2, 0) is 4.74 Å². The maximum Gasteiger partial charge on any atom is 0.259 e. The van der Waals surface area contributed by atoms with Crippen LogP contribution in [0.2, 0.25) is 0 Å². The number of nitrogens with one attached hydrogen (secondary N) is 3. The van der Waals surface area contributed by atoms with Gasteiger partial charge in [0.15, 0.2) is 0 Å². The zero-order valence-corrected chi connectivity index (χ0v) is 14.4. The smallest absolute Gasteiger partial charge is 0.259 e. The summed E-state index contributed by atoms with van der Waals surface area (Å²) in [7, 11) is 0. The van der Waals surface area contributed by atoms with Gasteiger partial charge in [0.05, 0.1) is 49.3 Å². The number of rotatable bonds is 4. The van der Waals surface area contributed by atoms with Gasteiger partial charge >= 0.3 is 0 Å². The van der Waals surface area contributed by atoms with E-state index in [1.54, 1.807) is 18.2 Å². The van der Waals surface area contributed by atoms with Crippen molar-refractivity contribution in [1.29, 1.82) is 5.41 Å². The number of H-pyrrole nitrogens is 1. The number of quaternary nitrogens is 1. The maximum atomic E-state index is 12.3. The van der Waals surface area contributed by atoms with E-state index in [0.29, 0.717) is 23.0 Å². The summed E-state index contributed by atoms with van der Waals surface area (Å²) in [6.07, 6.45) is 0. The molecule has 1 saturated heterocycles. The highest BCUT2D eigenvalue weighted by Crippen LogP contribution is 2.24. The molecule has 2 aliphatic heterocycles. The van der Waals surface area contributed by atoms with Crippen molar-refractivity contribution < 1.29 is 14.7 Å².